The zero-order chi connectivity index (χ0) is 20.2. The van der Waals surface area contributed by atoms with E-state index in [9.17, 15) is 18.0 Å². The molecule has 2 aromatic rings. The first-order chi connectivity index (χ1) is 12.7. The van der Waals surface area contributed by atoms with Crippen molar-refractivity contribution in [3.8, 4) is 11.1 Å². The van der Waals surface area contributed by atoms with Crippen LogP contribution in [-0.4, -0.2) is 35.5 Å². The summed E-state index contributed by atoms with van der Waals surface area (Å²) in [7, 11) is 1.57. The Morgan fingerprint density at radius 3 is 2.56 bits per heavy atom. The first-order valence-electron chi connectivity index (χ1n) is 8.45. The lowest BCUT2D eigenvalue weighted by Gasteiger charge is -2.29. The van der Waals surface area contributed by atoms with Gasteiger partial charge >= 0.3 is 0 Å². The van der Waals surface area contributed by atoms with Gasteiger partial charge in [0.2, 0.25) is 6.41 Å². The predicted octanol–water partition coefficient (Wildman–Crippen LogP) is 4.52. The van der Waals surface area contributed by atoms with Crippen molar-refractivity contribution in [3.63, 3.8) is 0 Å². The topological polar surface area (TPSA) is 42.4 Å². The lowest BCUT2D eigenvalue weighted by atomic mass is 10.0. The van der Waals surface area contributed by atoms with Crippen LogP contribution in [0, 0.1) is 12.7 Å². The molecule has 0 atom stereocenters. The molecule has 0 spiro atoms. The zero-order valence-electron chi connectivity index (χ0n) is 15.8. The van der Waals surface area contributed by atoms with Gasteiger partial charge in [0.15, 0.2) is 0 Å². The van der Waals surface area contributed by atoms with E-state index in [0.717, 1.165) is 29.8 Å². The molecule has 0 aliphatic carbocycles. The molecule has 0 unspecified atom stereocenters. The Morgan fingerprint density at radius 2 is 1.96 bits per heavy atom. The minimum Gasteiger partial charge on any atom is -0.377 e. The number of amides is 1. The molecule has 0 saturated heterocycles. The molecule has 4 nitrogen and oxygen atoms in total. The van der Waals surface area contributed by atoms with E-state index in [4.69, 9.17) is 4.74 Å². The number of ether oxygens (including phenoxy) is 1. The fourth-order valence-electron chi connectivity index (χ4n) is 2.69. The molecule has 2 rings (SSSR count). The highest BCUT2D eigenvalue weighted by atomic mass is 19.3. The Labute approximate surface area is 157 Å². The molecule has 27 heavy (non-hydrogen) atoms. The van der Waals surface area contributed by atoms with Crippen LogP contribution in [0.2, 0.25) is 0 Å². The maximum absolute atomic E-state index is 13.5. The van der Waals surface area contributed by atoms with Gasteiger partial charge in [0.25, 0.3) is 6.43 Å². The average molecular weight is 380 g/mol. The van der Waals surface area contributed by atoms with Crippen LogP contribution in [0.4, 0.5) is 13.2 Å². The van der Waals surface area contributed by atoms with Crippen molar-refractivity contribution in [2.24, 2.45) is 0 Å². The van der Waals surface area contributed by atoms with Gasteiger partial charge in [-0.3, -0.25) is 9.78 Å². The lowest BCUT2D eigenvalue weighted by molar-refractivity contribution is -0.122. The standard InChI is InChI=1S/C20H23F3N2O2/c1-13-16(10-25(12-26)11-20(2,3)27-4)7-15(9-24-13)14-5-6-18(21)17(8-14)19(22)23/h5-9,12,19H,10-11H2,1-4H3. The quantitative estimate of drug-likeness (QED) is 0.633. The Bertz CT molecular complexity index is 810. The summed E-state index contributed by atoms with van der Waals surface area (Å²) < 4.78 is 44.8. The van der Waals surface area contributed by atoms with Crippen LogP contribution in [0.3, 0.4) is 0 Å². The summed E-state index contributed by atoms with van der Waals surface area (Å²) in [4.78, 5) is 17.3. The van der Waals surface area contributed by atoms with Crippen LogP contribution in [0.5, 0.6) is 0 Å². The van der Waals surface area contributed by atoms with Crippen LogP contribution in [-0.2, 0) is 16.1 Å². The minimum atomic E-state index is -2.90. The van der Waals surface area contributed by atoms with Crippen LogP contribution >= 0.6 is 0 Å². The third kappa shape index (κ3) is 5.29. The van der Waals surface area contributed by atoms with Gasteiger partial charge in [-0.05, 0) is 50.1 Å². The second kappa shape index (κ2) is 8.52. The molecule has 0 aliphatic heterocycles. The van der Waals surface area contributed by atoms with E-state index in [2.05, 4.69) is 4.98 Å². The highest BCUT2D eigenvalue weighted by molar-refractivity contribution is 5.64. The van der Waals surface area contributed by atoms with E-state index >= 15 is 0 Å². The van der Waals surface area contributed by atoms with Crippen LogP contribution in [0.1, 0.15) is 37.1 Å². The third-order valence-corrected chi connectivity index (χ3v) is 4.42. The number of methoxy groups -OCH3 is 1. The van der Waals surface area contributed by atoms with Crippen molar-refractivity contribution in [2.75, 3.05) is 13.7 Å². The molecule has 1 heterocycles. The molecule has 1 amide bonds. The molecule has 0 fully saturated rings. The van der Waals surface area contributed by atoms with Crippen molar-refractivity contribution >= 4 is 6.41 Å². The summed E-state index contributed by atoms with van der Waals surface area (Å²) in [5.74, 6) is -0.942. The number of hydrogen-bond acceptors (Lipinski definition) is 3. The SMILES string of the molecule is COC(C)(C)CN(C=O)Cc1cc(-c2ccc(F)c(C(F)F)c2)cnc1C. The number of pyridine rings is 1. The van der Waals surface area contributed by atoms with Crippen LogP contribution in [0.15, 0.2) is 30.5 Å². The fourth-order valence-corrected chi connectivity index (χ4v) is 2.69. The summed E-state index contributed by atoms with van der Waals surface area (Å²) in [6.45, 7) is 6.22. The van der Waals surface area contributed by atoms with Gasteiger partial charge in [0.05, 0.1) is 11.2 Å². The zero-order valence-corrected chi connectivity index (χ0v) is 15.8. The highest BCUT2D eigenvalue weighted by Crippen LogP contribution is 2.29. The van der Waals surface area contributed by atoms with Crippen LogP contribution in [0.25, 0.3) is 11.1 Å². The molecule has 0 N–H and O–H groups in total. The largest absolute Gasteiger partial charge is 0.377 e. The number of halogens is 3. The first kappa shape index (κ1) is 20.9. The molecular formula is C20H23F3N2O2. The van der Waals surface area contributed by atoms with Gasteiger partial charge in [0.1, 0.15) is 5.82 Å². The number of rotatable bonds is 8. The maximum Gasteiger partial charge on any atom is 0.266 e. The molecule has 0 aliphatic rings. The summed E-state index contributed by atoms with van der Waals surface area (Å²) in [6.07, 6.45) is -0.615. The van der Waals surface area contributed by atoms with E-state index in [1.54, 1.807) is 31.2 Å². The van der Waals surface area contributed by atoms with Crippen molar-refractivity contribution in [1.29, 1.82) is 0 Å². The van der Waals surface area contributed by atoms with E-state index in [1.165, 1.54) is 6.07 Å². The van der Waals surface area contributed by atoms with Crippen molar-refractivity contribution in [3.05, 3.63) is 53.1 Å². The van der Waals surface area contributed by atoms with E-state index in [1.807, 2.05) is 13.8 Å². The number of aromatic nitrogens is 1. The summed E-state index contributed by atoms with van der Waals surface area (Å²) >= 11 is 0. The summed E-state index contributed by atoms with van der Waals surface area (Å²) in [6, 6.07) is 5.36. The van der Waals surface area contributed by atoms with Crippen LogP contribution < -0.4 is 0 Å². The number of carbonyl (C=O) groups is 1. The summed E-state index contributed by atoms with van der Waals surface area (Å²) in [5, 5.41) is 0. The normalized spacial score (nSPS) is 11.7. The van der Waals surface area contributed by atoms with Gasteiger partial charge in [0, 0.05) is 37.7 Å². The predicted molar refractivity (Wildman–Crippen MR) is 96.9 cm³/mol. The molecule has 1 aromatic heterocycles. The molecule has 146 valence electrons. The highest BCUT2D eigenvalue weighted by Gasteiger charge is 2.21. The molecule has 0 saturated carbocycles. The van der Waals surface area contributed by atoms with E-state index in [-0.39, 0.29) is 0 Å². The fraction of sp³-hybridized carbons (Fsp3) is 0.400. The molecule has 1 aromatic carbocycles. The van der Waals surface area contributed by atoms with Gasteiger partial charge in [-0.25, -0.2) is 13.2 Å². The van der Waals surface area contributed by atoms with Gasteiger partial charge in [-0.2, -0.15) is 0 Å². The molecule has 0 bridgehead atoms. The second-order valence-electron chi connectivity index (χ2n) is 6.98. The number of alkyl halides is 2. The number of nitrogens with zero attached hydrogens (tertiary/aromatic N) is 2. The second-order valence-corrected chi connectivity index (χ2v) is 6.98. The molecular weight excluding hydrogens is 357 g/mol. The van der Waals surface area contributed by atoms with Crippen molar-refractivity contribution in [1.82, 2.24) is 9.88 Å². The third-order valence-electron chi connectivity index (χ3n) is 4.42. The summed E-state index contributed by atoms with van der Waals surface area (Å²) in [5.41, 5.74) is 1.35. The lowest BCUT2D eigenvalue weighted by Crippen LogP contribution is -2.39. The monoisotopic (exact) mass is 380 g/mol. The van der Waals surface area contributed by atoms with Gasteiger partial charge in [-0.1, -0.05) is 6.07 Å². The van der Waals surface area contributed by atoms with Gasteiger partial charge < -0.3 is 9.64 Å². The Balaban J connectivity index is 2.33. The van der Waals surface area contributed by atoms with Gasteiger partial charge in [-0.15, -0.1) is 0 Å². The molecule has 0 radical (unpaired) electrons. The first-order valence-corrected chi connectivity index (χ1v) is 8.45. The van der Waals surface area contributed by atoms with E-state index in [0.29, 0.717) is 24.2 Å². The maximum atomic E-state index is 13.5. The Morgan fingerprint density at radius 1 is 1.26 bits per heavy atom. The Hall–Kier alpha value is -2.41. The Kier molecular flexibility index (Phi) is 6.59. The average Bonchev–Trinajstić information content (AvgIpc) is 2.63. The number of carbonyl (C=O) groups excluding carboxylic acids is 1. The number of benzene rings is 1. The van der Waals surface area contributed by atoms with Crippen molar-refractivity contribution in [2.45, 2.75) is 39.3 Å². The van der Waals surface area contributed by atoms with Crippen molar-refractivity contribution < 1.29 is 22.7 Å². The number of aryl methyl sites for hydroxylation is 1. The minimum absolute atomic E-state index is 0.297. The van der Waals surface area contributed by atoms with E-state index < -0.39 is 23.4 Å². The molecule has 7 heteroatoms. The smallest absolute Gasteiger partial charge is 0.266 e. The number of hydrogen-bond donors (Lipinski definition) is 0.